The molecule has 0 aliphatic heterocycles. The summed E-state index contributed by atoms with van der Waals surface area (Å²) < 4.78 is 5.09. The zero-order valence-electron chi connectivity index (χ0n) is 10.5. The Kier molecular flexibility index (Phi) is 4.20. The van der Waals surface area contributed by atoms with Crippen LogP contribution in [0.5, 0.6) is 5.75 Å². The molecule has 1 N–H and O–H groups in total. The first-order valence-corrected chi connectivity index (χ1v) is 5.76. The first-order chi connectivity index (χ1) is 9.33. The van der Waals surface area contributed by atoms with Crippen LogP contribution in [0.25, 0.3) is 0 Å². The van der Waals surface area contributed by atoms with Gasteiger partial charge in [-0.05, 0) is 30.3 Å². The molecule has 3 heteroatoms. The van der Waals surface area contributed by atoms with Gasteiger partial charge in [0.1, 0.15) is 5.75 Å². The third-order valence-corrected chi connectivity index (χ3v) is 2.59. The first-order valence-electron chi connectivity index (χ1n) is 5.76. The van der Waals surface area contributed by atoms with E-state index in [2.05, 4.69) is 17.0 Å². The van der Waals surface area contributed by atoms with Gasteiger partial charge in [-0.1, -0.05) is 35.2 Å². The van der Waals surface area contributed by atoms with Gasteiger partial charge in [0.05, 0.1) is 13.3 Å². The molecule has 2 aromatic rings. The number of oxime groups is 1. The summed E-state index contributed by atoms with van der Waals surface area (Å²) in [5.41, 5.74) is 2.50. The number of hydrogen-bond acceptors (Lipinski definition) is 3. The minimum absolute atomic E-state index is 0.783. The molecule has 2 rings (SSSR count). The zero-order valence-corrected chi connectivity index (χ0v) is 10.5. The Hall–Kier alpha value is -2.73. The summed E-state index contributed by atoms with van der Waals surface area (Å²) in [4.78, 5) is 0. The minimum atomic E-state index is 0.783. The van der Waals surface area contributed by atoms with Crippen LogP contribution in [-0.2, 0) is 0 Å². The lowest BCUT2D eigenvalue weighted by Crippen LogP contribution is -1.87. The molecule has 0 unspecified atom stereocenters. The second kappa shape index (κ2) is 6.27. The van der Waals surface area contributed by atoms with Crippen LogP contribution >= 0.6 is 0 Å². The van der Waals surface area contributed by atoms with Gasteiger partial charge in [-0.3, -0.25) is 0 Å². The molecule has 0 amide bonds. The topological polar surface area (TPSA) is 41.8 Å². The van der Waals surface area contributed by atoms with E-state index < -0.39 is 0 Å². The van der Waals surface area contributed by atoms with Crippen LogP contribution in [0.15, 0.2) is 53.7 Å². The Bertz CT molecular complexity index is 634. The summed E-state index contributed by atoms with van der Waals surface area (Å²) in [6, 6.07) is 15.0. The summed E-state index contributed by atoms with van der Waals surface area (Å²) in [5.74, 6) is 6.92. The second-order valence-electron chi connectivity index (χ2n) is 3.81. The van der Waals surface area contributed by atoms with Gasteiger partial charge in [0.2, 0.25) is 0 Å². The second-order valence-corrected chi connectivity index (χ2v) is 3.81. The van der Waals surface area contributed by atoms with Crippen molar-refractivity contribution in [3.63, 3.8) is 0 Å². The molecule has 0 saturated carbocycles. The minimum Gasteiger partial charge on any atom is -0.497 e. The van der Waals surface area contributed by atoms with Crippen molar-refractivity contribution in [1.29, 1.82) is 0 Å². The van der Waals surface area contributed by atoms with Gasteiger partial charge < -0.3 is 9.94 Å². The van der Waals surface area contributed by atoms with Gasteiger partial charge in [0.15, 0.2) is 0 Å². The van der Waals surface area contributed by atoms with Gasteiger partial charge in [-0.2, -0.15) is 0 Å². The van der Waals surface area contributed by atoms with Gasteiger partial charge in [-0.25, -0.2) is 0 Å². The molecular formula is C16H13NO2. The van der Waals surface area contributed by atoms with Gasteiger partial charge >= 0.3 is 0 Å². The molecule has 0 fully saturated rings. The summed E-state index contributed by atoms with van der Waals surface area (Å²) in [6.45, 7) is 0. The van der Waals surface area contributed by atoms with Crippen molar-refractivity contribution in [3.05, 3.63) is 65.2 Å². The molecule has 0 atom stereocenters. The largest absolute Gasteiger partial charge is 0.497 e. The number of benzene rings is 2. The third-order valence-electron chi connectivity index (χ3n) is 2.59. The lowest BCUT2D eigenvalue weighted by atomic mass is 10.1. The SMILES string of the molecule is COc1ccc(C#Cc2ccccc2C=NO)cc1. The molecule has 19 heavy (non-hydrogen) atoms. The quantitative estimate of drug-likeness (QED) is 0.386. The van der Waals surface area contributed by atoms with Crippen LogP contribution in [0, 0.1) is 11.8 Å². The summed E-state index contributed by atoms with van der Waals surface area (Å²) in [5, 5.41) is 11.6. The number of hydrogen-bond donors (Lipinski definition) is 1. The molecule has 0 aromatic heterocycles. The molecule has 3 nitrogen and oxygen atoms in total. The molecule has 94 valence electrons. The fourth-order valence-corrected chi connectivity index (χ4v) is 1.60. The maximum Gasteiger partial charge on any atom is 0.118 e. The van der Waals surface area contributed by atoms with Crippen molar-refractivity contribution in [2.24, 2.45) is 5.16 Å². The van der Waals surface area contributed by atoms with Crippen molar-refractivity contribution >= 4 is 6.21 Å². The summed E-state index contributed by atoms with van der Waals surface area (Å²) >= 11 is 0. The molecule has 0 bridgehead atoms. The van der Waals surface area contributed by atoms with E-state index in [9.17, 15) is 0 Å². The highest BCUT2D eigenvalue weighted by molar-refractivity contribution is 5.83. The Labute approximate surface area is 112 Å². The molecule has 2 aromatic carbocycles. The molecule has 0 spiro atoms. The van der Waals surface area contributed by atoms with Crippen molar-refractivity contribution in [1.82, 2.24) is 0 Å². The summed E-state index contributed by atoms with van der Waals surface area (Å²) in [6.07, 6.45) is 1.37. The summed E-state index contributed by atoms with van der Waals surface area (Å²) in [7, 11) is 1.63. The van der Waals surface area contributed by atoms with Crippen molar-refractivity contribution in [2.75, 3.05) is 7.11 Å². The highest BCUT2D eigenvalue weighted by atomic mass is 16.5. The van der Waals surface area contributed by atoms with Gasteiger partial charge in [-0.15, -0.1) is 0 Å². The monoisotopic (exact) mass is 251 g/mol. The lowest BCUT2D eigenvalue weighted by molar-refractivity contribution is 0.322. The average molecular weight is 251 g/mol. The Balaban J connectivity index is 2.28. The van der Waals surface area contributed by atoms with E-state index >= 15 is 0 Å². The van der Waals surface area contributed by atoms with Crippen molar-refractivity contribution in [3.8, 4) is 17.6 Å². The van der Waals surface area contributed by atoms with E-state index in [4.69, 9.17) is 9.94 Å². The maximum atomic E-state index is 8.59. The van der Waals surface area contributed by atoms with Gasteiger partial charge in [0, 0.05) is 16.7 Å². The van der Waals surface area contributed by atoms with Gasteiger partial charge in [0.25, 0.3) is 0 Å². The van der Waals surface area contributed by atoms with Crippen LogP contribution in [0.3, 0.4) is 0 Å². The fraction of sp³-hybridized carbons (Fsp3) is 0.0625. The fourth-order valence-electron chi connectivity index (χ4n) is 1.60. The van der Waals surface area contributed by atoms with Crippen LogP contribution in [0.4, 0.5) is 0 Å². The highest BCUT2D eigenvalue weighted by Crippen LogP contribution is 2.11. The van der Waals surface area contributed by atoms with E-state index in [0.717, 1.165) is 22.4 Å². The first kappa shape index (κ1) is 12.7. The van der Waals surface area contributed by atoms with Crippen LogP contribution in [0.2, 0.25) is 0 Å². The predicted octanol–water partition coefficient (Wildman–Crippen LogP) is 2.90. The molecular weight excluding hydrogens is 238 g/mol. The molecule has 0 heterocycles. The zero-order chi connectivity index (χ0) is 13.5. The number of methoxy groups -OCH3 is 1. The van der Waals surface area contributed by atoms with Crippen LogP contribution in [0.1, 0.15) is 16.7 Å². The van der Waals surface area contributed by atoms with Crippen LogP contribution < -0.4 is 4.74 Å². The van der Waals surface area contributed by atoms with Crippen molar-refractivity contribution < 1.29 is 9.94 Å². The van der Waals surface area contributed by atoms with E-state index in [0.29, 0.717) is 0 Å². The number of rotatable bonds is 2. The van der Waals surface area contributed by atoms with E-state index in [-0.39, 0.29) is 0 Å². The highest BCUT2D eigenvalue weighted by Gasteiger charge is 1.95. The molecule has 0 aliphatic rings. The Morgan fingerprint density at radius 3 is 2.47 bits per heavy atom. The maximum absolute atomic E-state index is 8.59. The van der Waals surface area contributed by atoms with E-state index in [1.165, 1.54) is 6.21 Å². The smallest absolute Gasteiger partial charge is 0.118 e. The number of ether oxygens (including phenoxy) is 1. The van der Waals surface area contributed by atoms with Crippen LogP contribution in [-0.4, -0.2) is 18.5 Å². The molecule has 0 radical (unpaired) electrons. The third kappa shape index (κ3) is 3.36. The predicted molar refractivity (Wildman–Crippen MR) is 74.8 cm³/mol. The lowest BCUT2D eigenvalue weighted by Gasteiger charge is -1.98. The van der Waals surface area contributed by atoms with E-state index in [1.54, 1.807) is 7.11 Å². The molecule has 0 saturated heterocycles. The Morgan fingerprint density at radius 2 is 1.79 bits per heavy atom. The normalized spacial score (nSPS) is 9.95. The average Bonchev–Trinajstić information content (AvgIpc) is 2.47. The van der Waals surface area contributed by atoms with Crippen molar-refractivity contribution in [2.45, 2.75) is 0 Å². The number of nitrogens with zero attached hydrogens (tertiary/aromatic N) is 1. The molecule has 0 aliphatic carbocycles. The van der Waals surface area contributed by atoms with E-state index in [1.807, 2.05) is 48.5 Å². The Morgan fingerprint density at radius 1 is 1.05 bits per heavy atom. The standard InChI is InChI=1S/C16H13NO2/c1-19-16-10-7-13(8-11-16)6-9-14-4-2-3-5-15(14)12-17-18/h2-5,7-8,10-12,18H,1H3.